The maximum Gasteiger partial charge on any atom is 0.275 e. The summed E-state index contributed by atoms with van der Waals surface area (Å²) in [5.41, 5.74) is 1.39. The Balaban J connectivity index is 1.59. The van der Waals surface area contributed by atoms with Gasteiger partial charge in [0.15, 0.2) is 0 Å². The lowest BCUT2D eigenvalue weighted by Gasteiger charge is -2.30. The van der Waals surface area contributed by atoms with E-state index < -0.39 is 28.6 Å². The summed E-state index contributed by atoms with van der Waals surface area (Å²) in [7, 11) is 1.47. The average Bonchev–Trinajstić information content (AvgIpc) is 3.37. The van der Waals surface area contributed by atoms with Crippen LogP contribution in [0.3, 0.4) is 0 Å². The van der Waals surface area contributed by atoms with Gasteiger partial charge in [-0.05, 0) is 49.4 Å². The second kappa shape index (κ2) is 10.7. The molecule has 1 aliphatic heterocycles. The summed E-state index contributed by atoms with van der Waals surface area (Å²) in [6, 6.07) is 17.1. The van der Waals surface area contributed by atoms with Gasteiger partial charge in [0.1, 0.15) is 29.0 Å². The Morgan fingerprint density at radius 1 is 1.02 bits per heavy atom. The first kappa shape index (κ1) is 26.1. The number of nitro benzene ring substituents is 1. The Kier molecular flexibility index (Phi) is 6.98. The van der Waals surface area contributed by atoms with Gasteiger partial charge in [0.25, 0.3) is 17.5 Å². The maximum absolute atomic E-state index is 13.7. The van der Waals surface area contributed by atoms with E-state index in [1.807, 2.05) is 0 Å². The molecule has 0 aliphatic carbocycles. The number of benzene rings is 3. The van der Waals surface area contributed by atoms with Crippen LogP contribution >= 0.6 is 0 Å². The molecule has 0 fully saturated rings. The molecule has 0 spiro atoms. The number of fused-ring (bicyclic) bond motifs is 1. The summed E-state index contributed by atoms with van der Waals surface area (Å²) in [4.78, 5) is 38.4. The van der Waals surface area contributed by atoms with Crippen molar-refractivity contribution in [3.8, 4) is 5.75 Å². The van der Waals surface area contributed by atoms with Crippen LogP contribution in [0.25, 0.3) is 0 Å². The number of carbonyl (C=O) groups is 2. The zero-order valence-corrected chi connectivity index (χ0v) is 21.3. The molecule has 0 saturated heterocycles. The first-order chi connectivity index (χ1) is 19.3. The van der Waals surface area contributed by atoms with E-state index in [-0.39, 0.29) is 28.2 Å². The molecular formula is C28H23FN6O5. The Morgan fingerprint density at radius 3 is 2.45 bits per heavy atom. The van der Waals surface area contributed by atoms with Gasteiger partial charge in [0.2, 0.25) is 0 Å². The van der Waals surface area contributed by atoms with Crippen molar-refractivity contribution in [2.24, 2.45) is 0 Å². The highest BCUT2D eigenvalue weighted by atomic mass is 19.1. The number of nitro groups is 1. The number of amides is 2. The lowest BCUT2D eigenvalue weighted by Crippen LogP contribution is -2.32. The lowest BCUT2D eigenvalue weighted by atomic mass is 9.93. The minimum Gasteiger partial charge on any atom is -0.495 e. The Labute approximate surface area is 227 Å². The fraction of sp³-hybridized carbons (Fsp3) is 0.107. The predicted molar refractivity (Wildman–Crippen MR) is 146 cm³/mol. The van der Waals surface area contributed by atoms with Crippen LogP contribution in [-0.2, 0) is 4.79 Å². The summed E-state index contributed by atoms with van der Waals surface area (Å²) in [5, 5.41) is 24.9. The van der Waals surface area contributed by atoms with Gasteiger partial charge in [0.05, 0.1) is 35.1 Å². The predicted octanol–water partition coefficient (Wildman–Crippen LogP) is 5.12. The van der Waals surface area contributed by atoms with E-state index in [1.165, 1.54) is 54.4 Å². The molecule has 3 aromatic carbocycles. The first-order valence-corrected chi connectivity index (χ1v) is 12.1. The van der Waals surface area contributed by atoms with Gasteiger partial charge in [-0.15, -0.1) is 0 Å². The summed E-state index contributed by atoms with van der Waals surface area (Å²) in [6.45, 7) is 1.64. The van der Waals surface area contributed by atoms with Crippen LogP contribution in [0, 0.1) is 15.9 Å². The summed E-state index contributed by atoms with van der Waals surface area (Å²) in [6.07, 6.45) is 1.30. The van der Waals surface area contributed by atoms with Gasteiger partial charge in [-0.1, -0.05) is 24.3 Å². The van der Waals surface area contributed by atoms with Crippen molar-refractivity contribution in [1.82, 2.24) is 9.78 Å². The maximum atomic E-state index is 13.7. The number of hydrogen-bond donors (Lipinski definition) is 3. The van der Waals surface area contributed by atoms with Gasteiger partial charge in [-0.25, -0.2) is 9.07 Å². The molecule has 11 nitrogen and oxygen atoms in total. The zero-order valence-electron chi connectivity index (χ0n) is 21.3. The van der Waals surface area contributed by atoms with Crippen LogP contribution in [0.1, 0.15) is 28.9 Å². The lowest BCUT2D eigenvalue weighted by molar-refractivity contribution is -0.385. The number of hydrogen-bond acceptors (Lipinski definition) is 7. The molecule has 3 N–H and O–H groups in total. The van der Waals surface area contributed by atoms with E-state index in [9.17, 15) is 24.1 Å². The Morgan fingerprint density at radius 2 is 1.73 bits per heavy atom. The first-order valence-electron chi connectivity index (χ1n) is 12.1. The molecule has 2 heterocycles. The summed E-state index contributed by atoms with van der Waals surface area (Å²) >= 11 is 0. The third-order valence-corrected chi connectivity index (χ3v) is 6.40. The van der Waals surface area contributed by atoms with Crippen LogP contribution in [0.2, 0.25) is 0 Å². The zero-order chi connectivity index (χ0) is 28.4. The number of anilines is 3. The third kappa shape index (κ3) is 4.85. The molecule has 0 radical (unpaired) electrons. The van der Waals surface area contributed by atoms with Crippen molar-refractivity contribution >= 4 is 34.7 Å². The fourth-order valence-electron chi connectivity index (χ4n) is 4.56. The van der Waals surface area contributed by atoms with Crippen LogP contribution in [0.15, 0.2) is 90.3 Å². The SMILES string of the molecule is COc1ccccc1NC(=O)C1=C(C)Nc2c(C(=O)Nc3ccc(F)cc3)cnn2[C@H]1c1ccccc1[N+](=O)[O-]. The number of ether oxygens (including phenoxy) is 1. The number of methoxy groups -OCH3 is 1. The molecule has 40 heavy (non-hydrogen) atoms. The fourth-order valence-corrected chi connectivity index (χ4v) is 4.56. The van der Waals surface area contributed by atoms with Gasteiger partial charge in [-0.2, -0.15) is 5.10 Å². The van der Waals surface area contributed by atoms with Gasteiger partial charge in [0, 0.05) is 17.5 Å². The van der Waals surface area contributed by atoms with Crippen molar-refractivity contribution in [3.63, 3.8) is 0 Å². The quantitative estimate of drug-likeness (QED) is 0.217. The summed E-state index contributed by atoms with van der Waals surface area (Å²) in [5.74, 6) is -0.879. The standard InChI is InChI=1S/C28H23FN6O5/c1-16-24(28(37)33-21-8-4-6-10-23(21)40-2)25(19-7-3-5-9-22(19)35(38)39)34-26(31-16)20(15-30-34)27(36)32-18-13-11-17(29)12-14-18/h3-15,25,31H,1-2H3,(H,32,36)(H,33,37)/t25-/m0/s1. The van der Waals surface area contributed by atoms with Crippen molar-refractivity contribution < 1.29 is 23.6 Å². The smallest absolute Gasteiger partial charge is 0.275 e. The normalized spacial score (nSPS) is 14.1. The highest BCUT2D eigenvalue weighted by Gasteiger charge is 2.38. The van der Waals surface area contributed by atoms with Gasteiger partial charge < -0.3 is 20.7 Å². The van der Waals surface area contributed by atoms with Crippen molar-refractivity contribution in [2.45, 2.75) is 13.0 Å². The topological polar surface area (TPSA) is 140 Å². The Bertz CT molecular complexity index is 1660. The minimum atomic E-state index is -1.06. The van der Waals surface area contributed by atoms with Crippen molar-refractivity contribution in [2.75, 3.05) is 23.1 Å². The van der Waals surface area contributed by atoms with Crippen LogP contribution < -0.4 is 20.7 Å². The van der Waals surface area contributed by atoms with Crippen molar-refractivity contribution in [1.29, 1.82) is 0 Å². The van der Waals surface area contributed by atoms with E-state index in [4.69, 9.17) is 4.74 Å². The second-order valence-corrected chi connectivity index (χ2v) is 8.85. The number of para-hydroxylation sites is 3. The average molecular weight is 543 g/mol. The number of allylic oxidation sites excluding steroid dienone is 1. The molecule has 1 atom stereocenters. The monoisotopic (exact) mass is 542 g/mol. The van der Waals surface area contributed by atoms with E-state index >= 15 is 0 Å². The number of nitrogens with one attached hydrogen (secondary N) is 3. The van der Waals surface area contributed by atoms with Crippen molar-refractivity contribution in [3.05, 3.63) is 117 Å². The molecular weight excluding hydrogens is 519 g/mol. The van der Waals surface area contributed by atoms with Crippen LogP contribution in [0.4, 0.5) is 27.3 Å². The number of aromatic nitrogens is 2. The third-order valence-electron chi connectivity index (χ3n) is 6.40. The summed E-state index contributed by atoms with van der Waals surface area (Å²) < 4.78 is 20.0. The molecule has 0 saturated carbocycles. The van der Waals surface area contributed by atoms with E-state index in [0.29, 0.717) is 22.8 Å². The molecule has 202 valence electrons. The molecule has 2 amide bonds. The highest BCUT2D eigenvalue weighted by molar-refractivity contribution is 6.10. The van der Waals surface area contributed by atoms with E-state index in [0.717, 1.165) is 0 Å². The van der Waals surface area contributed by atoms with E-state index in [2.05, 4.69) is 21.0 Å². The number of halogens is 1. The van der Waals surface area contributed by atoms with E-state index in [1.54, 1.807) is 43.3 Å². The Hall–Kier alpha value is -5.52. The largest absolute Gasteiger partial charge is 0.495 e. The number of nitrogens with zero attached hydrogens (tertiary/aromatic N) is 3. The molecule has 0 unspecified atom stereocenters. The molecule has 5 rings (SSSR count). The van der Waals surface area contributed by atoms with Gasteiger partial charge in [-0.3, -0.25) is 19.7 Å². The molecule has 1 aliphatic rings. The second-order valence-electron chi connectivity index (χ2n) is 8.85. The molecule has 4 aromatic rings. The highest BCUT2D eigenvalue weighted by Crippen LogP contribution is 2.41. The van der Waals surface area contributed by atoms with Crippen LogP contribution in [-0.4, -0.2) is 33.6 Å². The molecule has 1 aromatic heterocycles. The van der Waals surface area contributed by atoms with Gasteiger partial charge >= 0.3 is 0 Å². The number of carbonyl (C=O) groups excluding carboxylic acids is 2. The molecule has 0 bridgehead atoms. The number of rotatable bonds is 7. The van der Waals surface area contributed by atoms with Crippen LogP contribution in [0.5, 0.6) is 5.75 Å². The minimum absolute atomic E-state index is 0.122. The molecule has 12 heteroatoms.